The summed E-state index contributed by atoms with van der Waals surface area (Å²) in [5, 5.41) is 0. The summed E-state index contributed by atoms with van der Waals surface area (Å²) in [7, 11) is 0. The van der Waals surface area contributed by atoms with E-state index in [1.54, 1.807) is 0 Å². The maximum absolute atomic E-state index is 3.96. The maximum atomic E-state index is 3.96. The van der Waals surface area contributed by atoms with Gasteiger partial charge in [-0.25, -0.2) is 0 Å². The van der Waals surface area contributed by atoms with Crippen molar-refractivity contribution in [2.24, 2.45) is 16.7 Å². The van der Waals surface area contributed by atoms with Crippen LogP contribution in [0.4, 0.5) is 0 Å². The van der Waals surface area contributed by atoms with Gasteiger partial charge in [0.05, 0.1) is 0 Å². The molecule has 0 aromatic heterocycles. The Morgan fingerprint density at radius 1 is 1.15 bits per heavy atom. The van der Waals surface area contributed by atoms with Crippen LogP contribution in [0, 0.1) is 16.7 Å². The van der Waals surface area contributed by atoms with Crippen LogP contribution < -0.4 is 0 Å². The lowest BCUT2D eigenvalue weighted by Crippen LogP contribution is -2.15. The summed E-state index contributed by atoms with van der Waals surface area (Å²) in [6, 6.07) is 0. The number of allylic oxidation sites excluding steroid dienone is 1. The van der Waals surface area contributed by atoms with Crippen LogP contribution in [-0.4, -0.2) is 0 Å². The Morgan fingerprint density at radius 3 is 2.54 bits per heavy atom. The molecule has 2 rings (SSSR count). The molecule has 2 aliphatic carbocycles. The minimum Gasteiger partial charge on any atom is -0.103 e. The summed E-state index contributed by atoms with van der Waals surface area (Å²) in [6.07, 6.45) is 10.8. The predicted octanol–water partition coefficient (Wildman–Crippen LogP) is 4.17. The smallest absolute Gasteiger partial charge is 0.0231 e. The van der Waals surface area contributed by atoms with E-state index >= 15 is 0 Å². The van der Waals surface area contributed by atoms with Crippen molar-refractivity contribution in [3.8, 4) is 0 Å². The van der Waals surface area contributed by atoms with Crippen molar-refractivity contribution in [3.05, 3.63) is 12.7 Å². The molecule has 2 aliphatic rings. The van der Waals surface area contributed by atoms with Crippen molar-refractivity contribution >= 4 is 0 Å². The van der Waals surface area contributed by atoms with E-state index in [0.29, 0.717) is 10.8 Å². The first-order valence-electron chi connectivity index (χ1n) is 5.68. The fraction of sp³-hybridized carbons (Fsp3) is 0.846. The largest absolute Gasteiger partial charge is 0.103 e. The molecule has 3 atom stereocenters. The van der Waals surface area contributed by atoms with Crippen LogP contribution in [0.25, 0.3) is 0 Å². The van der Waals surface area contributed by atoms with Crippen LogP contribution in [0.3, 0.4) is 0 Å². The topological polar surface area (TPSA) is 0 Å². The lowest BCUT2D eigenvalue weighted by molar-refractivity contribution is 0.261. The Morgan fingerprint density at radius 2 is 1.85 bits per heavy atom. The molecule has 0 aliphatic heterocycles. The molecular formula is C13H22. The lowest BCUT2D eigenvalue weighted by Gasteiger charge is -2.26. The van der Waals surface area contributed by atoms with Crippen molar-refractivity contribution in [3.63, 3.8) is 0 Å². The average Bonchev–Trinajstić information content (AvgIpc) is 2.28. The third kappa shape index (κ3) is 1.68. The number of hydrogen-bond acceptors (Lipinski definition) is 0. The Hall–Kier alpha value is -0.260. The first-order valence-corrected chi connectivity index (χ1v) is 5.68. The second kappa shape index (κ2) is 2.87. The Labute approximate surface area is 82.4 Å². The molecule has 0 saturated heterocycles. The maximum Gasteiger partial charge on any atom is -0.0231 e. The molecule has 0 spiro atoms. The molecule has 13 heavy (non-hydrogen) atoms. The molecule has 0 aromatic rings. The summed E-state index contributed by atoms with van der Waals surface area (Å²) < 4.78 is 0. The van der Waals surface area contributed by atoms with Crippen molar-refractivity contribution < 1.29 is 0 Å². The minimum atomic E-state index is 0.643. The van der Waals surface area contributed by atoms with Crippen LogP contribution >= 0.6 is 0 Å². The van der Waals surface area contributed by atoms with Gasteiger partial charge in [-0.2, -0.15) is 0 Å². The van der Waals surface area contributed by atoms with Gasteiger partial charge in [0.2, 0.25) is 0 Å². The molecule has 74 valence electrons. The Kier molecular flexibility index (Phi) is 2.05. The van der Waals surface area contributed by atoms with Crippen LogP contribution in [-0.2, 0) is 0 Å². The zero-order chi connectivity index (χ0) is 9.53. The summed E-state index contributed by atoms with van der Waals surface area (Å²) in [5.41, 5.74) is 1.32. The Balaban J connectivity index is 2.18. The van der Waals surface area contributed by atoms with E-state index in [1.165, 1.54) is 38.5 Å². The van der Waals surface area contributed by atoms with Crippen molar-refractivity contribution in [2.75, 3.05) is 0 Å². The molecule has 2 bridgehead atoms. The van der Waals surface area contributed by atoms with Gasteiger partial charge in [0.25, 0.3) is 0 Å². The van der Waals surface area contributed by atoms with Gasteiger partial charge in [-0.1, -0.05) is 19.9 Å². The quantitative estimate of drug-likeness (QED) is 0.529. The minimum absolute atomic E-state index is 0.643. The summed E-state index contributed by atoms with van der Waals surface area (Å²) >= 11 is 0. The second-order valence-corrected chi connectivity index (χ2v) is 6.04. The fourth-order valence-electron chi connectivity index (χ4n) is 3.67. The van der Waals surface area contributed by atoms with Gasteiger partial charge in [0.15, 0.2) is 0 Å². The molecule has 0 amide bonds. The highest BCUT2D eigenvalue weighted by Gasteiger charge is 2.45. The SMILES string of the molecule is C=CC1CCC2(C)CCC(C)(C1)C2. The first-order chi connectivity index (χ1) is 6.05. The van der Waals surface area contributed by atoms with Crippen LogP contribution in [0.15, 0.2) is 12.7 Å². The third-order valence-electron chi connectivity index (χ3n) is 4.39. The van der Waals surface area contributed by atoms with E-state index < -0.39 is 0 Å². The zero-order valence-corrected chi connectivity index (χ0v) is 9.10. The highest BCUT2D eigenvalue weighted by molar-refractivity contribution is 4.99. The molecule has 0 heterocycles. The van der Waals surface area contributed by atoms with E-state index in [-0.39, 0.29) is 0 Å². The zero-order valence-electron chi connectivity index (χ0n) is 9.10. The molecular weight excluding hydrogens is 156 g/mol. The summed E-state index contributed by atoms with van der Waals surface area (Å²) in [6.45, 7) is 8.94. The van der Waals surface area contributed by atoms with Gasteiger partial charge in [0, 0.05) is 0 Å². The molecule has 0 nitrogen and oxygen atoms in total. The lowest BCUT2D eigenvalue weighted by atomic mass is 9.79. The highest BCUT2D eigenvalue weighted by Crippen LogP contribution is 2.57. The van der Waals surface area contributed by atoms with Crippen LogP contribution in [0.5, 0.6) is 0 Å². The molecule has 3 unspecified atom stereocenters. The van der Waals surface area contributed by atoms with Gasteiger partial charge < -0.3 is 0 Å². The number of fused-ring (bicyclic) bond motifs is 2. The van der Waals surface area contributed by atoms with Gasteiger partial charge in [-0.15, -0.1) is 6.58 Å². The normalized spacial score (nSPS) is 50.2. The van der Waals surface area contributed by atoms with E-state index in [2.05, 4.69) is 26.5 Å². The van der Waals surface area contributed by atoms with Gasteiger partial charge in [0.1, 0.15) is 0 Å². The van der Waals surface area contributed by atoms with Crippen molar-refractivity contribution in [1.29, 1.82) is 0 Å². The van der Waals surface area contributed by atoms with E-state index in [4.69, 9.17) is 0 Å². The molecule has 0 radical (unpaired) electrons. The Bertz CT molecular complexity index is 218. The van der Waals surface area contributed by atoms with Crippen molar-refractivity contribution in [2.45, 2.75) is 52.4 Å². The fourth-order valence-corrected chi connectivity index (χ4v) is 3.67. The number of hydrogen-bond donors (Lipinski definition) is 0. The van der Waals surface area contributed by atoms with Crippen molar-refractivity contribution in [1.82, 2.24) is 0 Å². The van der Waals surface area contributed by atoms with Gasteiger partial charge in [-0.3, -0.25) is 0 Å². The molecule has 2 saturated carbocycles. The van der Waals surface area contributed by atoms with E-state index in [9.17, 15) is 0 Å². The van der Waals surface area contributed by atoms with Crippen LogP contribution in [0.2, 0.25) is 0 Å². The summed E-state index contributed by atoms with van der Waals surface area (Å²) in [4.78, 5) is 0. The molecule has 0 heteroatoms. The second-order valence-electron chi connectivity index (χ2n) is 6.04. The third-order valence-corrected chi connectivity index (χ3v) is 4.39. The molecule has 0 N–H and O–H groups in total. The van der Waals surface area contributed by atoms with Gasteiger partial charge in [-0.05, 0) is 55.3 Å². The molecule has 0 aromatic carbocycles. The summed E-state index contributed by atoms with van der Waals surface area (Å²) in [5.74, 6) is 0.798. The van der Waals surface area contributed by atoms with Crippen LogP contribution in [0.1, 0.15) is 52.4 Å². The predicted molar refractivity (Wildman–Crippen MR) is 57.6 cm³/mol. The molecule has 2 fully saturated rings. The average molecular weight is 178 g/mol. The first kappa shape index (κ1) is 9.30. The van der Waals surface area contributed by atoms with E-state index in [1.807, 2.05) is 0 Å². The number of rotatable bonds is 1. The highest BCUT2D eigenvalue weighted by atomic mass is 14.5. The monoisotopic (exact) mass is 178 g/mol. The van der Waals surface area contributed by atoms with E-state index in [0.717, 1.165) is 5.92 Å². The standard InChI is InChI=1S/C13H22/c1-4-11-5-6-12(2)7-8-13(3,9-11)10-12/h4,11H,1,5-10H2,2-3H3. The van der Waals surface area contributed by atoms with Gasteiger partial charge >= 0.3 is 0 Å².